The van der Waals surface area contributed by atoms with Crippen LogP contribution in [0.1, 0.15) is 19.8 Å². The summed E-state index contributed by atoms with van der Waals surface area (Å²) in [5, 5.41) is 3.33. The van der Waals surface area contributed by atoms with Crippen LogP contribution < -0.4 is 10.9 Å². The maximum Gasteiger partial charge on any atom is 0.266 e. The van der Waals surface area contributed by atoms with E-state index < -0.39 is 0 Å². The van der Waals surface area contributed by atoms with Gasteiger partial charge in [0.25, 0.3) is 5.56 Å². The molecule has 0 aromatic carbocycles. The van der Waals surface area contributed by atoms with Crippen LogP contribution in [0.5, 0.6) is 0 Å². The number of halogens is 1. The lowest BCUT2D eigenvalue weighted by molar-refractivity contribution is 0.0622. The van der Waals surface area contributed by atoms with Crippen molar-refractivity contribution in [2.45, 2.75) is 25.8 Å². The lowest BCUT2D eigenvalue weighted by Gasteiger charge is -2.28. The molecule has 2 N–H and O–H groups in total. The largest absolute Gasteiger partial charge is 0.381 e. The van der Waals surface area contributed by atoms with Crippen molar-refractivity contribution in [1.82, 2.24) is 9.97 Å². The Hall–Kier alpha value is -0.630. The van der Waals surface area contributed by atoms with Gasteiger partial charge in [-0.3, -0.25) is 4.79 Å². The van der Waals surface area contributed by atoms with Crippen LogP contribution in [0.15, 0.2) is 11.1 Å². The number of aromatic nitrogens is 2. The number of hydrogen-bond acceptors (Lipinski definition) is 4. The van der Waals surface area contributed by atoms with Crippen molar-refractivity contribution in [1.29, 1.82) is 0 Å². The Morgan fingerprint density at radius 2 is 2.29 bits per heavy atom. The molecule has 1 aliphatic heterocycles. The number of nitrogens with zero attached hydrogens (tertiary/aromatic N) is 1. The third-order valence-corrected chi connectivity index (χ3v) is 4.13. The quantitative estimate of drug-likeness (QED) is 0.814. The number of rotatable bonds is 3. The van der Waals surface area contributed by atoms with Crippen LogP contribution in [0.3, 0.4) is 0 Å². The molecule has 1 unspecified atom stereocenters. The highest BCUT2D eigenvalue weighted by Crippen LogP contribution is 2.21. The zero-order valence-corrected chi connectivity index (χ0v) is 11.9. The first-order chi connectivity index (χ1) is 8.18. The normalized spacial score (nSPS) is 18.9. The molecule has 0 aliphatic carbocycles. The molecule has 5 nitrogen and oxygen atoms in total. The highest BCUT2D eigenvalue weighted by molar-refractivity contribution is 14.1. The SMILES string of the molecule is CC(Nc1nc[nH]c(=O)c1I)C1CCOCC1. The monoisotopic (exact) mass is 349 g/mol. The predicted molar refractivity (Wildman–Crippen MR) is 74.2 cm³/mol. The second-order valence-electron chi connectivity index (χ2n) is 4.28. The standard InChI is InChI=1S/C11H16IN3O2/c1-7(8-2-4-17-5-3-8)15-10-9(12)11(16)14-6-13-10/h6-8H,2-5H2,1H3,(H2,13,14,15,16). The maximum absolute atomic E-state index is 11.4. The number of H-pyrrole nitrogens is 1. The first kappa shape index (κ1) is 12.8. The Labute approximate surface area is 114 Å². The maximum atomic E-state index is 11.4. The van der Waals surface area contributed by atoms with E-state index in [0.29, 0.717) is 21.3 Å². The average molecular weight is 349 g/mol. The van der Waals surface area contributed by atoms with Crippen LogP contribution in [0.2, 0.25) is 0 Å². The Morgan fingerprint density at radius 1 is 1.59 bits per heavy atom. The molecule has 0 amide bonds. The summed E-state index contributed by atoms with van der Waals surface area (Å²) in [5.41, 5.74) is -0.0951. The van der Waals surface area contributed by atoms with Crippen LogP contribution in [0.25, 0.3) is 0 Å². The molecule has 0 spiro atoms. The van der Waals surface area contributed by atoms with Crippen LogP contribution >= 0.6 is 22.6 Å². The van der Waals surface area contributed by atoms with Crippen molar-refractivity contribution in [3.8, 4) is 0 Å². The van der Waals surface area contributed by atoms with Crippen molar-refractivity contribution in [3.05, 3.63) is 20.3 Å². The van der Waals surface area contributed by atoms with E-state index in [2.05, 4.69) is 22.2 Å². The van der Waals surface area contributed by atoms with Gasteiger partial charge in [-0.1, -0.05) is 0 Å². The van der Waals surface area contributed by atoms with Crippen LogP contribution in [-0.4, -0.2) is 29.2 Å². The summed E-state index contributed by atoms with van der Waals surface area (Å²) in [6, 6.07) is 0.307. The zero-order valence-electron chi connectivity index (χ0n) is 9.70. The number of aromatic amines is 1. The third kappa shape index (κ3) is 3.19. The molecular formula is C11H16IN3O2. The highest BCUT2D eigenvalue weighted by atomic mass is 127. The summed E-state index contributed by atoms with van der Waals surface area (Å²) in [6.07, 6.45) is 3.56. The molecule has 0 radical (unpaired) electrons. The molecule has 0 saturated carbocycles. The summed E-state index contributed by atoms with van der Waals surface area (Å²) < 4.78 is 5.96. The zero-order chi connectivity index (χ0) is 12.3. The minimum atomic E-state index is -0.0951. The molecule has 1 aromatic heterocycles. The minimum Gasteiger partial charge on any atom is -0.381 e. The van der Waals surface area contributed by atoms with Crippen molar-refractivity contribution in [2.75, 3.05) is 18.5 Å². The van der Waals surface area contributed by atoms with E-state index in [4.69, 9.17) is 4.74 Å². The number of ether oxygens (including phenoxy) is 1. The lowest BCUT2D eigenvalue weighted by atomic mass is 9.93. The summed E-state index contributed by atoms with van der Waals surface area (Å²) in [7, 11) is 0. The summed E-state index contributed by atoms with van der Waals surface area (Å²) in [4.78, 5) is 18.2. The van der Waals surface area contributed by atoms with E-state index >= 15 is 0 Å². The fraction of sp³-hybridized carbons (Fsp3) is 0.636. The second kappa shape index (κ2) is 5.81. The Balaban J connectivity index is 2.04. The predicted octanol–water partition coefficient (Wildman–Crippen LogP) is 1.60. The molecule has 1 saturated heterocycles. The Bertz CT molecular complexity index is 429. The smallest absolute Gasteiger partial charge is 0.266 e. The Morgan fingerprint density at radius 3 is 3.00 bits per heavy atom. The van der Waals surface area contributed by atoms with Crippen molar-refractivity contribution in [2.24, 2.45) is 5.92 Å². The molecule has 17 heavy (non-hydrogen) atoms. The van der Waals surface area contributed by atoms with Gasteiger partial charge in [0.1, 0.15) is 9.39 Å². The first-order valence-electron chi connectivity index (χ1n) is 5.76. The van der Waals surface area contributed by atoms with Gasteiger partial charge in [-0.25, -0.2) is 4.98 Å². The van der Waals surface area contributed by atoms with E-state index in [1.54, 1.807) is 0 Å². The van der Waals surface area contributed by atoms with E-state index in [0.717, 1.165) is 26.1 Å². The molecule has 1 fully saturated rings. The number of hydrogen-bond donors (Lipinski definition) is 2. The first-order valence-corrected chi connectivity index (χ1v) is 6.84. The number of anilines is 1. The van der Waals surface area contributed by atoms with Gasteiger partial charge < -0.3 is 15.0 Å². The van der Waals surface area contributed by atoms with E-state index in [1.807, 2.05) is 22.6 Å². The molecule has 1 aromatic rings. The number of nitrogens with one attached hydrogen (secondary N) is 2. The molecular weight excluding hydrogens is 333 g/mol. The van der Waals surface area contributed by atoms with Gasteiger partial charge in [0.15, 0.2) is 0 Å². The molecule has 6 heteroatoms. The van der Waals surface area contributed by atoms with Crippen molar-refractivity contribution in [3.63, 3.8) is 0 Å². The van der Waals surface area contributed by atoms with Gasteiger partial charge in [-0.05, 0) is 48.3 Å². The van der Waals surface area contributed by atoms with E-state index in [-0.39, 0.29) is 5.56 Å². The van der Waals surface area contributed by atoms with Gasteiger partial charge >= 0.3 is 0 Å². The summed E-state index contributed by atoms with van der Waals surface area (Å²) in [6.45, 7) is 3.79. The van der Waals surface area contributed by atoms with E-state index in [9.17, 15) is 4.79 Å². The van der Waals surface area contributed by atoms with Crippen LogP contribution in [0, 0.1) is 9.49 Å². The van der Waals surface area contributed by atoms with Crippen molar-refractivity contribution >= 4 is 28.4 Å². The average Bonchev–Trinajstić information content (AvgIpc) is 2.36. The molecule has 2 rings (SSSR count). The highest BCUT2D eigenvalue weighted by Gasteiger charge is 2.21. The van der Waals surface area contributed by atoms with Crippen LogP contribution in [0.4, 0.5) is 5.82 Å². The molecule has 2 heterocycles. The summed E-state index contributed by atoms with van der Waals surface area (Å²) >= 11 is 2.02. The summed E-state index contributed by atoms with van der Waals surface area (Å²) in [5.74, 6) is 1.26. The molecule has 1 aliphatic rings. The van der Waals surface area contributed by atoms with Crippen molar-refractivity contribution < 1.29 is 4.74 Å². The second-order valence-corrected chi connectivity index (χ2v) is 5.36. The van der Waals surface area contributed by atoms with Gasteiger partial charge in [0, 0.05) is 19.3 Å². The van der Waals surface area contributed by atoms with Gasteiger partial charge in [0.2, 0.25) is 0 Å². The fourth-order valence-corrected chi connectivity index (χ4v) is 2.48. The van der Waals surface area contributed by atoms with Gasteiger partial charge in [-0.15, -0.1) is 0 Å². The topological polar surface area (TPSA) is 67.0 Å². The Kier molecular flexibility index (Phi) is 4.38. The third-order valence-electron chi connectivity index (χ3n) is 3.13. The van der Waals surface area contributed by atoms with Crippen LogP contribution in [-0.2, 0) is 4.74 Å². The molecule has 1 atom stereocenters. The molecule has 0 bridgehead atoms. The minimum absolute atomic E-state index is 0.0951. The molecule has 94 valence electrons. The van der Waals surface area contributed by atoms with E-state index in [1.165, 1.54) is 6.33 Å². The fourth-order valence-electron chi connectivity index (χ4n) is 2.03. The lowest BCUT2D eigenvalue weighted by Crippen LogP contribution is -2.32. The van der Waals surface area contributed by atoms with Gasteiger partial charge in [0.05, 0.1) is 6.33 Å². The van der Waals surface area contributed by atoms with Gasteiger partial charge in [-0.2, -0.15) is 0 Å².